The molecule has 2 nitrogen and oxygen atoms in total. The number of hydrogen-bond acceptors (Lipinski definition) is 2. The summed E-state index contributed by atoms with van der Waals surface area (Å²) in [6.45, 7) is 6.95. The Balaban J connectivity index is 0.00000400. The van der Waals surface area contributed by atoms with Gasteiger partial charge in [0.05, 0.1) is 26.2 Å². The van der Waals surface area contributed by atoms with Gasteiger partial charge >= 0.3 is 0 Å². The van der Waals surface area contributed by atoms with Crippen LogP contribution in [0.25, 0.3) is 0 Å². The lowest BCUT2D eigenvalue weighted by Gasteiger charge is -2.34. The van der Waals surface area contributed by atoms with Gasteiger partial charge in [0.15, 0.2) is 0 Å². The average molecular weight is 381 g/mol. The van der Waals surface area contributed by atoms with E-state index in [0.29, 0.717) is 0 Å². The van der Waals surface area contributed by atoms with E-state index in [0.717, 1.165) is 5.75 Å². The second-order valence-electron chi connectivity index (χ2n) is 6.94. The fourth-order valence-electron chi connectivity index (χ4n) is 3.55. The molecule has 0 spiro atoms. The summed E-state index contributed by atoms with van der Waals surface area (Å²) in [4.78, 5) is 2.29. The van der Waals surface area contributed by atoms with Crippen molar-refractivity contribution in [3.8, 4) is 0 Å². The van der Waals surface area contributed by atoms with Crippen LogP contribution in [0.4, 0.5) is 0 Å². The smallest absolute Gasteiger partial charge is 0.0794 e. The van der Waals surface area contributed by atoms with Gasteiger partial charge in [-0.3, -0.25) is 0 Å². The molecule has 0 saturated carbocycles. The number of nitrogens with zero attached hydrogens (tertiary/aromatic N) is 2. The molecule has 0 aromatic carbocycles. The molecule has 0 unspecified atom stereocenters. The van der Waals surface area contributed by atoms with Gasteiger partial charge in [0.2, 0.25) is 0 Å². The van der Waals surface area contributed by atoms with Crippen molar-refractivity contribution in [3.05, 3.63) is 0 Å². The molecule has 0 aliphatic carbocycles. The molecule has 1 heterocycles. The van der Waals surface area contributed by atoms with Gasteiger partial charge in [0.25, 0.3) is 0 Å². The van der Waals surface area contributed by atoms with E-state index in [2.05, 4.69) is 31.6 Å². The molecule has 0 aromatic rings. The van der Waals surface area contributed by atoms with Gasteiger partial charge in [-0.1, -0.05) is 19.3 Å². The highest BCUT2D eigenvalue weighted by Gasteiger charge is 2.30. The molecule has 0 amide bonds. The molecule has 0 aromatic heterocycles. The van der Waals surface area contributed by atoms with E-state index in [-0.39, 0.29) is 17.0 Å². The summed E-state index contributed by atoms with van der Waals surface area (Å²) in [6, 6.07) is 0. The molecule has 1 rings (SSSR count). The Morgan fingerprint density at radius 3 is 1.90 bits per heavy atom. The van der Waals surface area contributed by atoms with E-state index in [1.807, 2.05) is 0 Å². The van der Waals surface area contributed by atoms with Gasteiger partial charge < -0.3 is 26.4 Å². The first-order valence-electron chi connectivity index (χ1n) is 8.79. The van der Waals surface area contributed by atoms with E-state index < -0.39 is 0 Å². The molecule has 21 heavy (non-hydrogen) atoms. The molecule has 4 heteroatoms. The lowest BCUT2D eigenvalue weighted by Crippen LogP contribution is -3.00. The Kier molecular flexibility index (Phi) is 13.7. The average Bonchev–Trinajstić information content (AvgIpc) is 2.88. The molecule has 1 aliphatic heterocycles. The number of unbranched alkanes of at least 4 members (excludes halogenated alkanes) is 5. The molecule has 128 valence electrons. The van der Waals surface area contributed by atoms with Gasteiger partial charge in [-0.2, -0.15) is 12.6 Å². The van der Waals surface area contributed by atoms with Crippen molar-refractivity contribution in [2.45, 2.75) is 57.8 Å². The molecule has 0 atom stereocenters. The largest absolute Gasteiger partial charge is 1.00 e. The number of likely N-dealkylation sites (tertiary alicyclic amines) is 1. The van der Waals surface area contributed by atoms with Gasteiger partial charge in [-0.05, 0) is 45.7 Å². The summed E-state index contributed by atoms with van der Waals surface area (Å²) in [5.74, 6) is 1.06. The fourth-order valence-corrected chi connectivity index (χ4v) is 3.70. The normalized spacial score (nSPS) is 17.1. The van der Waals surface area contributed by atoms with E-state index in [4.69, 9.17) is 0 Å². The van der Waals surface area contributed by atoms with Crippen LogP contribution < -0.4 is 17.0 Å². The highest BCUT2D eigenvalue weighted by molar-refractivity contribution is 7.80. The van der Waals surface area contributed by atoms with Crippen molar-refractivity contribution < 1.29 is 21.5 Å². The Morgan fingerprint density at radius 2 is 1.33 bits per heavy atom. The van der Waals surface area contributed by atoms with Crippen LogP contribution in [0.3, 0.4) is 0 Å². The SMILES string of the molecule is CN(C)CCCCCCCC[N+]1(CCCS)CCCC1.[Br-]. The van der Waals surface area contributed by atoms with Crippen LogP contribution >= 0.6 is 12.6 Å². The lowest BCUT2D eigenvalue weighted by atomic mass is 10.1. The number of quaternary nitrogens is 1. The Hall–Kier alpha value is 0.750. The van der Waals surface area contributed by atoms with Gasteiger partial charge in [0, 0.05) is 19.3 Å². The van der Waals surface area contributed by atoms with Crippen molar-refractivity contribution in [2.24, 2.45) is 0 Å². The minimum atomic E-state index is 0. The second kappa shape index (κ2) is 13.2. The third kappa shape index (κ3) is 10.2. The predicted octanol–water partition coefficient (Wildman–Crippen LogP) is 0.823. The second-order valence-corrected chi connectivity index (χ2v) is 7.39. The summed E-state index contributed by atoms with van der Waals surface area (Å²) in [5, 5.41) is 0. The summed E-state index contributed by atoms with van der Waals surface area (Å²) in [7, 11) is 4.34. The highest BCUT2D eigenvalue weighted by atomic mass is 79.9. The van der Waals surface area contributed by atoms with Crippen LogP contribution in [-0.4, -0.2) is 62.0 Å². The molecule has 0 bridgehead atoms. The molecular weight excluding hydrogens is 344 g/mol. The van der Waals surface area contributed by atoms with Crippen molar-refractivity contribution in [3.63, 3.8) is 0 Å². The predicted molar refractivity (Wildman–Crippen MR) is 93.7 cm³/mol. The summed E-state index contributed by atoms with van der Waals surface area (Å²) in [6.07, 6.45) is 12.8. The minimum Gasteiger partial charge on any atom is -1.00 e. The van der Waals surface area contributed by atoms with Crippen LogP contribution in [0.1, 0.15) is 57.8 Å². The highest BCUT2D eigenvalue weighted by Crippen LogP contribution is 2.22. The molecular formula is C17H37BrN2S. The minimum absolute atomic E-state index is 0. The maximum absolute atomic E-state index is 4.39. The maximum Gasteiger partial charge on any atom is 0.0794 e. The van der Waals surface area contributed by atoms with Crippen molar-refractivity contribution in [1.29, 1.82) is 0 Å². The molecule has 1 fully saturated rings. The van der Waals surface area contributed by atoms with E-state index >= 15 is 0 Å². The van der Waals surface area contributed by atoms with Crippen molar-refractivity contribution >= 4 is 12.6 Å². The van der Waals surface area contributed by atoms with Crippen LogP contribution in [0.2, 0.25) is 0 Å². The molecule has 1 saturated heterocycles. The van der Waals surface area contributed by atoms with E-state index in [1.165, 1.54) is 95.0 Å². The first-order chi connectivity index (χ1) is 9.68. The molecule has 1 aliphatic rings. The van der Waals surface area contributed by atoms with Crippen molar-refractivity contribution in [2.75, 3.05) is 52.6 Å². The monoisotopic (exact) mass is 380 g/mol. The zero-order valence-corrected chi connectivity index (χ0v) is 16.8. The van der Waals surface area contributed by atoms with Crippen molar-refractivity contribution in [1.82, 2.24) is 4.90 Å². The topological polar surface area (TPSA) is 3.24 Å². The quantitative estimate of drug-likeness (QED) is 0.298. The summed E-state index contributed by atoms with van der Waals surface area (Å²) < 4.78 is 1.42. The summed E-state index contributed by atoms with van der Waals surface area (Å²) in [5.41, 5.74) is 0. The number of halogens is 1. The van der Waals surface area contributed by atoms with E-state index in [1.54, 1.807) is 0 Å². The zero-order valence-electron chi connectivity index (χ0n) is 14.3. The summed E-state index contributed by atoms with van der Waals surface area (Å²) >= 11 is 4.39. The fraction of sp³-hybridized carbons (Fsp3) is 1.00. The van der Waals surface area contributed by atoms with Crippen LogP contribution in [-0.2, 0) is 0 Å². The zero-order chi connectivity index (χ0) is 14.7. The Bertz CT molecular complexity index is 231. The molecule has 0 N–H and O–H groups in total. The van der Waals surface area contributed by atoms with Gasteiger partial charge in [-0.15, -0.1) is 0 Å². The maximum atomic E-state index is 4.39. The third-order valence-electron chi connectivity index (χ3n) is 4.79. The lowest BCUT2D eigenvalue weighted by molar-refractivity contribution is -0.917. The van der Waals surface area contributed by atoms with Crippen LogP contribution in [0, 0.1) is 0 Å². The third-order valence-corrected chi connectivity index (χ3v) is 5.11. The van der Waals surface area contributed by atoms with E-state index in [9.17, 15) is 0 Å². The first kappa shape index (κ1) is 21.8. The van der Waals surface area contributed by atoms with Gasteiger partial charge in [0.1, 0.15) is 0 Å². The number of hydrogen-bond donors (Lipinski definition) is 1. The van der Waals surface area contributed by atoms with Gasteiger partial charge in [-0.25, -0.2) is 0 Å². The van der Waals surface area contributed by atoms with Crippen LogP contribution in [0.15, 0.2) is 0 Å². The number of rotatable bonds is 12. The molecule has 0 radical (unpaired) electrons. The number of thiol groups is 1. The first-order valence-corrected chi connectivity index (χ1v) is 9.42. The standard InChI is InChI=1S/C17H36N2S.BrH/c1-18(2)12-7-5-3-4-6-8-13-19(16-11-17-20)14-9-10-15-19;/h3-17H2,1-2H3;1H. The Labute approximate surface area is 149 Å². The van der Waals surface area contributed by atoms with Crippen LogP contribution in [0.5, 0.6) is 0 Å². The Morgan fingerprint density at radius 1 is 0.810 bits per heavy atom.